The van der Waals surface area contributed by atoms with Crippen molar-refractivity contribution in [3.8, 4) is 0 Å². The average Bonchev–Trinajstić information content (AvgIpc) is 2.44. The van der Waals surface area contributed by atoms with Crippen LogP contribution in [0.3, 0.4) is 0 Å². The van der Waals surface area contributed by atoms with E-state index in [4.69, 9.17) is 10.7 Å². The van der Waals surface area contributed by atoms with Gasteiger partial charge >= 0.3 is 0 Å². The highest BCUT2D eigenvalue weighted by Gasteiger charge is 2.07. The summed E-state index contributed by atoms with van der Waals surface area (Å²) in [5.41, 5.74) is 13.6. The molecule has 2 aromatic rings. The predicted molar refractivity (Wildman–Crippen MR) is 88.0 cm³/mol. The second-order valence-corrected chi connectivity index (χ2v) is 5.17. The molecular formula is C18H22N2. The van der Waals surface area contributed by atoms with Crippen molar-refractivity contribution in [1.29, 1.82) is 0 Å². The molecule has 0 aliphatic heterocycles. The maximum absolute atomic E-state index is 6.16. The predicted octanol–water partition coefficient (Wildman–Crippen LogP) is 4.59. The molecular weight excluding hydrogens is 244 g/mol. The number of hydrogen-bond donors (Lipinski definition) is 1. The van der Waals surface area contributed by atoms with Crippen molar-refractivity contribution in [3.63, 3.8) is 0 Å². The number of nitrogen functional groups attached to an aromatic ring is 1. The highest BCUT2D eigenvalue weighted by atomic mass is 14.8. The molecule has 2 aromatic carbocycles. The molecule has 0 spiro atoms. The third-order valence-corrected chi connectivity index (χ3v) is 3.70. The number of hydrogen-bond acceptors (Lipinski definition) is 2. The van der Waals surface area contributed by atoms with E-state index >= 15 is 0 Å². The number of nitrogens with two attached hydrogens (primary N) is 1. The molecule has 0 saturated heterocycles. The molecule has 0 aliphatic rings. The molecule has 0 fully saturated rings. The van der Waals surface area contributed by atoms with Crippen molar-refractivity contribution >= 4 is 17.1 Å². The Morgan fingerprint density at radius 2 is 1.70 bits per heavy atom. The van der Waals surface area contributed by atoms with Crippen LogP contribution in [0.25, 0.3) is 0 Å². The Balaban J connectivity index is 2.53. The molecule has 0 unspecified atom stereocenters. The van der Waals surface area contributed by atoms with E-state index in [1.54, 1.807) is 0 Å². The van der Waals surface area contributed by atoms with Crippen LogP contribution in [0.15, 0.2) is 41.4 Å². The van der Waals surface area contributed by atoms with E-state index in [0.29, 0.717) is 0 Å². The van der Waals surface area contributed by atoms with E-state index in [9.17, 15) is 0 Å². The first-order chi connectivity index (χ1) is 9.54. The molecule has 2 N–H and O–H groups in total. The van der Waals surface area contributed by atoms with Gasteiger partial charge in [0.2, 0.25) is 0 Å². The number of para-hydroxylation sites is 2. The summed E-state index contributed by atoms with van der Waals surface area (Å²) in [5.74, 6) is 0. The molecule has 2 nitrogen and oxygen atoms in total. The zero-order chi connectivity index (χ0) is 14.7. The molecule has 0 bridgehead atoms. The normalized spacial score (nSPS) is 11.7. The highest BCUT2D eigenvalue weighted by molar-refractivity contribution is 6.05. The standard InChI is InChI=1S/C18H22N2/c1-5-15-10-6-9-13(3)18(15)20-14(4)16-11-7-8-12(2)17(16)19/h6-11H,5,19H2,1-4H3. The van der Waals surface area contributed by atoms with Gasteiger partial charge in [0, 0.05) is 17.0 Å². The molecule has 0 atom stereocenters. The van der Waals surface area contributed by atoms with Crippen LogP contribution < -0.4 is 5.73 Å². The summed E-state index contributed by atoms with van der Waals surface area (Å²) in [6.45, 7) is 8.31. The zero-order valence-corrected chi connectivity index (χ0v) is 12.7. The van der Waals surface area contributed by atoms with Gasteiger partial charge < -0.3 is 5.73 Å². The first-order valence-corrected chi connectivity index (χ1v) is 7.03. The number of benzene rings is 2. The molecule has 0 radical (unpaired) electrons. The van der Waals surface area contributed by atoms with Crippen LogP contribution >= 0.6 is 0 Å². The smallest absolute Gasteiger partial charge is 0.0694 e. The van der Waals surface area contributed by atoms with Gasteiger partial charge in [-0.05, 0) is 43.9 Å². The van der Waals surface area contributed by atoms with E-state index in [2.05, 4.69) is 32.0 Å². The van der Waals surface area contributed by atoms with Crippen LogP contribution in [0.5, 0.6) is 0 Å². The summed E-state index contributed by atoms with van der Waals surface area (Å²) in [4.78, 5) is 4.84. The van der Waals surface area contributed by atoms with Gasteiger partial charge in [-0.1, -0.05) is 43.3 Å². The molecule has 104 valence electrons. The van der Waals surface area contributed by atoms with Crippen molar-refractivity contribution in [3.05, 3.63) is 58.7 Å². The van der Waals surface area contributed by atoms with Crippen LogP contribution in [0, 0.1) is 13.8 Å². The summed E-state index contributed by atoms with van der Waals surface area (Å²) in [7, 11) is 0. The van der Waals surface area contributed by atoms with Gasteiger partial charge in [0.05, 0.1) is 5.69 Å². The number of nitrogens with zero attached hydrogens (tertiary/aromatic N) is 1. The van der Waals surface area contributed by atoms with E-state index in [0.717, 1.165) is 34.6 Å². The SMILES string of the molecule is CCc1cccc(C)c1N=C(C)c1cccc(C)c1N. The maximum Gasteiger partial charge on any atom is 0.0694 e. The van der Waals surface area contributed by atoms with E-state index < -0.39 is 0 Å². The van der Waals surface area contributed by atoms with Crippen LogP contribution in [-0.2, 0) is 6.42 Å². The van der Waals surface area contributed by atoms with Crippen molar-refractivity contribution in [2.75, 3.05) is 5.73 Å². The fourth-order valence-corrected chi connectivity index (χ4v) is 2.39. The van der Waals surface area contributed by atoms with Crippen molar-refractivity contribution in [1.82, 2.24) is 0 Å². The fraction of sp³-hybridized carbons (Fsp3) is 0.278. The molecule has 0 aliphatic carbocycles. The van der Waals surface area contributed by atoms with Gasteiger partial charge in [0.25, 0.3) is 0 Å². The molecule has 0 aromatic heterocycles. The molecule has 20 heavy (non-hydrogen) atoms. The summed E-state index contributed by atoms with van der Waals surface area (Å²) < 4.78 is 0. The second kappa shape index (κ2) is 5.91. The molecule has 0 amide bonds. The number of aryl methyl sites for hydroxylation is 3. The van der Waals surface area contributed by atoms with Gasteiger partial charge in [0.1, 0.15) is 0 Å². The third-order valence-electron chi connectivity index (χ3n) is 3.70. The van der Waals surface area contributed by atoms with Crippen LogP contribution in [0.1, 0.15) is 36.1 Å². The average molecular weight is 266 g/mol. The Kier molecular flexibility index (Phi) is 4.23. The minimum absolute atomic E-state index is 0.820. The third kappa shape index (κ3) is 2.74. The Hall–Kier alpha value is -2.09. The van der Waals surface area contributed by atoms with E-state index in [1.165, 1.54) is 11.1 Å². The van der Waals surface area contributed by atoms with Crippen LogP contribution in [-0.4, -0.2) is 5.71 Å². The van der Waals surface area contributed by atoms with Crippen LogP contribution in [0.2, 0.25) is 0 Å². The van der Waals surface area contributed by atoms with Crippen molar-refractivity contribution in [2.45, 2.75) is 34.1 Å². The van der Waals surface area contributed by atoms with E-state index in [-0.39, 0.29) is 0 Å². The molecule has 2 heteroatoms. The van der Waals surface area contributed by atoms with Crippen molar-refractivity contribution in [2.24, 2.45) is 4.99 Å². The Bertz CT molecular complexity index is 654. The monoisotopic (exact) mass is 266 g/mol. The number of aliphatic imine (C=N–C) groups is 1. The van der Waals surface area contributed by atoms with Crippen molar-refractivity contribution < 1.29 is 0 Å². The summed E-state index contributed by atoms with van der Waals surface area (Å²) in [5, 5.41) is 0. The van der Waals surface area contributed by atoms with Crippen LogP contribution in [0.4, 0.5) is 11.4 Å². The first-order valence-electron chi connectivity index (χ1n) is 7.03. The second-order valence-electron chi connectivity index (χ2n) is 5.17. The minimum atomic E-state index is 0.820. The quantitative estimate of drug-likeness (QED) is 0.640. The summed E-state index contributed by atoms with van der Waals surface area (Å²) in [6, 6.07) is 12.4. The summed E-state index contributed by atoms with van der Waals surface area (Å²) >= 11 is 0. The summed E-state index contributed by atoms with van der Waals surface area (Å²) in [6.07, 6.45) is 0.983. The van der Waals surface area contributed by atoms with Gasteiger partial charge in [-0.2, -0.15) is 0 Å². The first kappa shape index (κ1) is 14.3. The lowest BCUT2D eigenvalue weighted by molar-refractivity contribution is 1.12. The lowest BCUT2D eigenvalue weighted by atomic mass is 10.0. The van der Waals surface area contributed by atoms with Gasteiger partial charge in [0.15, 0.2) is 0 Å². The minimum Gasteiger partial charge on any atom is -0.398 e. The largest absolute Gasteiger partial charge is 0.398 e. The van der Waals surface area contributed by atoms with Gasteiger partial charge in [-0.3, -0.25) is 4.99 Å². The van der Waals surface area contributed by atoms with E-state index in [1.807, 2.05) is 32.0 Å². The Morgan fingerprint density at radius 1 is 1.05 bits per heavy atom. The number of anilines is 1. The Morgan fingerprint density at radius 3 is 2.40 bits per heavy atom. The molecule has 2 rings (SSSR count). The van der Waals surface area contributed by atoms with Gasteiger partial charge in [-0.25, -0.2) is 0 Å². The number of rotatable bonds is 3. The topological polar surface area (TPSA) is 38.4 Å². The fourth-order valence-electron chi connectivity index (χ4n) is 2.39. The maximum atomic E-state index is 6.16. The lowest BCUT2D eigenvalue weighted by Crippen LogP contribution is -2.03. The molecule has 0 saturated carbocycles. The molecule has 0 heterocycles. The Labute approximate surface area is 121 Å². The highest BCUT2D eigenvalue weighted by Crippen LogP contribution is 2.26. The zero-order valence-electron chi connectivity index (χ0n) is 12.7. The van der Waals surface area contributed by atoms with Gasteiger partial charge in [-0.15, -0.1) is 0 Å². The lowest BCUT2D eigenvalue weighted by Gasteiger charge is -2.11.